The Kier molecular flexibility index (Phi) is 4.66. The fourth-order valence-corrected chi connectivity index (χ4v) is 2.76. The van der Waals surface area contributed by atoms with Gasteiger partial charge >= 0.3 is 0 Å². The molecule has 1 saturated heterocycles. The summed E-state index contributed by atoms with van der Waals surface area (Å²) in [5.74, 6) is -0.119. The zero-order chi connectivity index (χ0) is 13.8. The Balaban J connectivity index is 2.25. The molecular formula is C14H19ClN2O2. The Hall–Kier alpha value is -1.26. The van der Waals surface area contributed by atoms with Crippen LogP contribution >= 0.6 is 11.6 Å². The van der Waals surface area contributed by atoms with Gasteiger partial charge in [0.2, 0.25) is 0 Å². The molecule has 19 heavy (non-hydrogen) atoms. The number of carbonyl (C=O) groups excluding carboxylic acids is 1. The summed E-state index contributed by atoms with van der Waals surface area (Å²) in [6.07, 6.45) is 3.95. The number of hydrogen-bond donors (Lipinski definition) is 2. The van der Waals surface area contributed by atoms with Crippen molar-refractivity contribution in [2.45, 2.75) is 31.7 Å². The van der Waals surface area contributed by atoms with Gasteiger partial charge in [-0.2, -0.15) is 0 Å². The highest BCUT2D eigenvalue weighted by Gasteiger charge is 2.26. The molecule has 1 fully saturated rings. The number of nitrogens with zero attached hydrogens (tertiary/aromatic N) is 1. The minimum absolute atomic E-state index is 0.00166. The second-order valence-corrected chi connectivity index (χ2v) is 5.33. The van der Waals surface area contributed by atoms with E-state index in [-0.39, 0.29) is 18.6 Å². The van der Waals surface area contributed by atoms with Crippen LogP contribution in [0.25, 0.3) is 0 Å². The first-order valence-corrected chi connectivity index (χ1v) is 6.98. The van der Waals surface area contributed by atoms with Crippen LogP contribution in [0.2, 0.25) is 5.02 Å². The maximum Gasteiger partial charge on any atom is 0.255 e. The minimum atomic E-state index is -0.119. The maximum absolute atomic E-state index is 12.5. The molecule has 1 aromatic rings. The van der Waals surface area contributed by atoms with E-state index in [9.17, 15) is 9.90 Å². The number of aliphatic hydroxyl groups excluding tert-OH is 1. The number of anilines is 1. The van der Waals surface area contributed by atoms with Crippen molar-refractivity contribution in [3.8, 4) is 0 Å². The highest BCUT2D eigenvalue weighted by molar-refractivity contribution is 6.34. The lowest BCUT2D eigenvalue weighted by Crippen LogP contribution is -2.42. The number of amides is 1. The number of hydrogen-bond acceptors (Lipinski definition) is 3. The van der Waals surface area contributed by atoms with Crippen LogP contribution in [0.3, 0.4) is 0 Å². The molecule has 0 aromatic heterocycles. The summed E-state index contributed by atoms with van der Waals surface area (Å²) >= 11 is 6.09. The average molecular weight is 283 g/mol. The molecule has 1 atom stereocenters. The van der Waals surface area contributed by atoms with Gasteiger partial charge in [-0.25, -0.2) is 0 Å². The summed E-state index contributed by atoms with van der Waals surface area (Å²) in [7, 11) is 0. The van der Waals surface area contributed by atoms with Gasteiger partial charge in [-0.05, 0) is 31.0 Å². The summed E-state index contributed by atoms with van der Waals surface area (Å²) in [4.78, 5) is 14.3. The zero-order valence-electron chi connectivity index (χ0n) is 10.8. The van der Waals surface area contributed by atoms with Gasteiger partial charge in [0.15, 0.2) is 0 Å². The van der Waals surface area contributed by atoms with E-state index in [1.54, 1.807) is 23.1 Å². The maximum atomic E-state index is 12.5. The van der Waals surface area contributed by atoms with Crippen molar-refractivity contribution in [1.82, 2.24) is 4.90 Å². The van der Waals surface area contributed by atoms with Gasteiger partial charge < -0.3 is 15.7 Å². The molecule has 3 N–H and O–H groups in total. The lowest BCUT2D eigenvalue weighted by molar-refractivity contribution is 0.0600. The first kappa shape index (κ1) is 14.2. The van der Waals surface area contributed by atoms with Crippen molar-refractivity contribution in [2.24, 2.45) is 0 Å². The second kappa shape index (κ2) is 6.26. The Morgan fingerprint density at radius 3 is 2.89 bits per heavy atom. The molecule has 0 spiro atoms. The second-order valence-electron chi connectivity index (χ2n) is 4.92. The van der Waals surface area contributed by atoms with E-state index < -0.39 is 0 Å². The van der Waals surface area contributed by atoms with Crippen LogP contribution in [-0.4, -0.2) is 35.1 Å². The standard InChI is InChI=1S/C14H19ClN2O2/c15-13-8-10(16)5-6-12(13)14(19)17-7-3-1-2-4-11(17)9-18/h5-6,8,11,18H,1-4,7,9,16H2. The number of rotatable bonds is 2. The molecule has 1 amide bonds. The molecule has 104 valence electrons. The largest absolute Gasteiger partial charge is 0.399 e. The van der Waals surface area contributed by atoms with E-state index in [1.165, 1.54) is 0 Å². The third-order valence-electron chi connectivity index (χ3n) is 3.57. The summed E-state index contributed by atoms with van der Waals surface area (Å²) in [5, 5.41) is 9.82. The molecule has 1 unspecified atom stereocenters. The number of benzene rings is 1. The fourth-order valence-electron chi connectivity index (χ4n) is 2.49. The van der Waals surface area contributed by atoms with Crippen molar-refractivity contribution in [3.05, 3.63) is 28.8 Å². The Morgan fingerprint density at radius 1 is 1.42 bits per heavy atom. The SMILES string of the molecule is Nc1ccc(C(=O)N2CCCCCC2CO)c(Cl)c1. The molecule has 5 heteroatoms. The lowest BCUT2D eigenvalue weighted by atomic mass is 10.1. The summed E-state index contributed by atoms with van der Waals surface area (Å²) < 4.78 is 0. The Morgan fingerprint density at radius 2 is 2.21 bits per heavy atom. The van der Waals surface area contributed by atoms with E-state index in [1.807, 2.05) is 0 Å². The number of nitrogens with two attached hydrogens (primary N) is 1. The number of carbonyl (C=O) groups is 1. The van der Waals surface area contributed by atoms with Crippen LogP contribution in [0.1, 0.15) is 36.0 Å². The van der Waals surface area contributed by atoms with E-state index in [2.05, 4.69) is 0 Å². The quantitative estimate of drug-likeness (QED) is 0.818. The van der Waals surface area contributed by atoms with E-state index in [4.69, 9.17) is 17.3 Å². The molecule has 0 aliphatic carbocycles. The Bertz CT molecular complexity index is 465. The molecule has 0 radical (unpaired) electrons. The predicted molar refractivity (Wildman–Crippen MR) is 76.2 cm³/mol. The number of nitrogen functional groups attached to an aromatic ring is 1. The van der Waals surface area contributed by atoms with Gasteiger partial charge in [0.25, 0.3) is 5.91 Å². The van der Waals surface area contributed by atoms with Crippen molar-refractivity contribution in [1.29, 1.82) is 0 Å². The molecule has 1 heterocycles. The Labute approximate surface area is 118 Å². The minimum Gasteiger partial charge on any atom is -0.399 e. The van der Waals surface area contributed by atoms with Crippen molar-refractivity contribution >= 4 is 23.2 Å². The van der Waals surface area contributed by atoms with Crippen LogP contribution in [0.5, 0.6) is 0 Å². The van der Waals surface area contributed by atoms with Crippen LogP contribution in [0, 0.1) is 0 Å². The van der Waals surface area contributed by atoms with Crippen LogP contribution < -0.4 is 5.73 Å². The average Bonchev–Trinajstić information content (AvgIpc) is 2.63. The van der Waals surface area contributed by atoms with Crippen molar-refractivity contribution in [3.63, 3.8) is 0 Å². The third-order valence-corrected chi connectivity index (χ3v) is 3.89. The summed E-state index contributed by atoms with van der Waals surface area (Å²) in [6, 6.07) is 4.80. The molecular weight excluding hydrogens is 264 g/mol. The van der Waals surface area contributed by atoms with Gasteiger partial charge in [0, 0.05) is 12.2 Å². The monoisotopic (exact) mass is 282 g/mol. The highest BCUT2D eigenvalue weighted by atomic mass is 35.5. The first-order valence-electron chi connectivity index (χ1n) is 6.60. The first-order chi connectivity index (χ1) is 9.13. The molecule has 2 rings (SSSR count). The fraction of sp³-hybridized carbons (Fsp3) is 0.500. The number of halogens is 1. The molecule has 0 saturated carbocycles. The van der Waals surface area contributed by atoms with Crippen molar-refractivity contribution in [2.75, 3.05) is 18.9 Å². The van der Waals surface area contributed by atoms with Gasteiger partial charge in [0.1, 0.15) is 0 Å². The van der Waals surface area contributed by atoms with E-state index in [0.717, 1.165) is 25.7 Å². The van der Waals surface area contributed by atoms with E-state index in [0.29, 0.717) is 22.8 Å². The normalized spacial score (nSPS) is 20.1. The topological polar surface area (TPSA) is 66.6 Å². The van der Waals surface area contributed by atoms with Crippen LogP contribution in [-0.2, 0) is 0 Å². The van der Waals surface area contributed by atoms with Gasteiger partial charge in [-0.3, -0.25) is 4.79 Å². The molecule has 1 aromatic carbocycles. The van der Waals surface area contributed by atoms with Crippen LogP contribution in [0.15, 0.2) is 18.2 Å². The molecule has 0 bridgehead atoms. The van der Waals surface area contributed by atoms with Crippen LogP contribution in [0.4, 0.5) is 5.69 Å². The predicted octanol–water partition coefficient (Wildman–Crippen LogP) is 2.30. The van der Waals surface area contributed by atoms with Gasteiger partial charge in [-0.1, -0.05) is 24.4 Å². The van der Waals surface area contributed by atoms with E-state index >= 15 is 0 Å². The molecule has 1 aliphatic heterocycles. The lowest BCUT2D eigenvalue weighted by Gasteiger charge is -2.29. The highest BCUT2D eigenvalue weighted by Crippen LogP contribution is 2.24. The smallest absolute Gasteiger partial charge is 0.255 e. The number of likely N-dealkylation sites (tertiary alicyclic amines) is 1. The van der Waals surface area contributed by atoms with Gasteiger partial charge in [-0.15, -0.1) is 0 Å². The third kappa shape index (κ3) is 3.19. The zero-order valence-corrected chi connectivity index (χ0v) is 11.6. The van der Waals surface area contributed by atoms with Gasteiger partial charge in [0.05, 0.1) is 23.2 Å². The number of aliphatic hydroxyl groups is 1. The summed E-state index contributed by atoms with van der Waals surface area (Å²) in [5.41, 5.74) is 6.63. The van der Waals surface area contributed by atoms with Crippen molar-refractivity contribution < 1.29 is 9.90 Å². The molecule has 4 nitrogen and oxygen atoms in total. The summed E-state index contributed by atoms with van der Waals surface area (Å²) in [6.45, 7) is 0.670. The molecule has 1 aliphatic rings.